The summed E-state index contributed by atoms with van der Waals surface area (Å²) in [7, 11) is 0. The van der Waals surface area contributed by atoms with Gasteiger partial charge in [-0.3, -0.25) is 0 Å². The first kappa shape index (κ1) is 31.2. The van der Waals surface area contributed by atoms with Crippen molar-refractivity contribution in [2.45, 2.75) is 0 Å². The zero-order valence-electron chi connectivity index (χ0n) is 29.8. The molecule has 9 aromatic carbocycles. The van der Waals surface area contributed by atoms with Crippen LogP contribution in [-0.2, 0) is 0 Å². The molecule has 0 atom stereocenters. The summed E-state index contributed by atoms with van der Waals surface area (Å²) in [5.41, 5.74) is 13.5. The van der Waals surface area contributed by atoms with Gasteiger partial charge in [-0.15, -0.1) is 0 Å². The van der Waals surface area contributed by atoms with Crippen LogP contribution < -0.4 is 4.90 Å². The van der Waals surface area contributed by atoms with Gasteiger partial charge in [-0.2, -0.15) is 0 Å². The molecule has 0 saturated heterocycles. The van der Waals surface area contributed by atoms with E-state index in [1.807, 2.05) is 12.1 Å². The zero-order valence-corrected chi connectivity index (χ0v) is 29.8. The number of nitrogens with zero attached hydrogens (tertiary/aromatic N) is 1. The first-order valence-corrected chi connectivity index (χ1v) is 18.7. The van der Waals surface area contributed by atoms with Crippen LogP contribution in [-0.4, -0.2) is 0 Å². The molecule has 0 fully saturated rings. The molecule has 0 radical (unpaired) electrons. The van der Waals surface area contributed by atoms with E-state index in [0.717, 1.165) is 88.4 Å². The van der Waals surface area contributed by atoms with E-state index in [4.69, 9.17) is 8.83 Å². The molecule has 0 aliphatic rings. The first-order valence-electron chi connectivity index (χ1n) is 18.7. The lowest BCUT2D eigenvalue weighted by molar-refractivity contribution is 0.670. The van der Waals surface area contributed by atoms with Crippen LogP contribution in [0.2, 0.25) is 0 Å². The summed E-state index contributed by atoms with van der Waals surface area (Å²) >= 11 is 0. The fourth-order valence-corrected chi connectivity index (χ4v) is 8.17. The van der Waals surface area contributed by atoms with E-state index < -0.39 is 0 Å². The maximum absolute atomic E-state index is 6.88. The second-order valence-corrected chi connectivity index (χ2v) is 14.1. The summed E-state index contributed by atoms with van der Waals surface area (Å²) in [6.45, 7) is 0. The Balaban J connectivity index is 1.04. The van der Waals surface area contributed by atoms with Gasteiger partial charge in [0.1, 0.15) is 16.7 Å². The molecule has 258 valence electrons. The van der Waals surface area contributed by atoms with Crippen LogP contribution in [0.15, 0.2) is 209 Å². The fraction of sp³-hybridized carbons (Fsp3) is 0. The van der Waals surface area contributed by atoms with E-state index in [2.05, 4.69) is 193 Å². The van der Waals surface area contributed by atoms with Crippen LogP contribution in [0.4, 0.5) is 17.1 Å². The number of hydrogen-bond acceptors (Lipinski definition) is 3. The molecule has 0 N–H and O–H groups in total. The predicted octanol–water partition coefficient (Wildman–Crippen LogP) is 15.1. The van der Waals surface area contributed by atoms with Crippen molar-refractivity contribution in [3.63, 3.8) is 0 Å². The Bertz CT molecular complexity index is 3170. The van der Waals surface area contributed by atoms with Crippen LogP contribution in [0.3, 0.4) is 0 Å². The van der Waals surface area contributed by atoms with Crippen molar-refractivity contribution < 1.29 is 8.83 Å². The molecule has 0 aliphatic carbocycles. The average Bonchev–Trinajstić information content (AvgIpc) is 3.84. The quantitative estimate of drug-likeness (QED) is 0.173. The molecule has 2 heterocycles. The molecule has 3 heteroatoms. The molecule has 11 rings (SSSR count). The lowest BCUT2D eigenvalue weighted by Gasteiger charge is -2.26. The Morgan fingerprint density at radius 3 is 1.55 bits per heavy atom. The van der Waals surface area contributed by atoms with Crippen molar-refractivity contribution in [3.05, 3.63) is 200 Å². The highest BCUT2D eigenvalue weighted by Crippen LogP contribution is 2.45. The molecule has 0 amide bonds. The maximum Gasteiger partial charge on any atom is 0.159 e. The summed E-state index contributed by atoms with van der Waals surface area (Å²) in [6.07, 6.45) is 0. The molecule has 0 unspecified atom stereocenters. The van der Waals surface area contributed by atoms with Crippen LogP contribution in [0.5, 0.6) is 0 Å². The van der Waals surface area contributed by atoms with Gasteiger partial charge in [0.05, 0.1) is 5.69 Å². The van der Waals surface area contributed by atoms with Gasteiger partial charge in [0.15, 0.2) is 5.58 Å². The molecule has 3 nitrogen and oxygen atoms in total. The topological polar surface area (TPSA) is 29.5 Å². The van der Waals surface area contributed by atoms with E-state index in [-0.39, 0.29) is 0 Å². The molecule has 2 aromatic heterocycles. The van der Waals surface area contributed by atoms with Crippen molar-refractivity contribution in [2.75, 3.05) is 4.90 Å². The number of benzene rings is 9. The summed E-state index contributed by atoms with van der Waals surface area (Å²) < 4.78 is 13.3. The molecule has 55 heavy (non-hydrogen) atoms. The minimum atomic E-state index is 0.852. The van der Waals surface area contributed by atoms with Crippen LogP contribution in [0.1, 0.15) is 0 Å². The standard InChI is InChI=1S/C52H33NO2/c1-2-10-34(11-3-1)35-20-22-36(23-21-35)37-24-29-40(30-25-37)53(48-18-9-17-46-47-33-28-38-12-4-5-13-42(38)51(47)55-52(46)48)41-31-26-39(27-32-41)43-15-8-16-45-44-14-6-7-19-49(44)54-50(43)45/h1-33H. The lowest BCUT2D eigenvalue weighted by atomic mass is 10.00. The third-order valence-electron chi connectivity index (χ3n) is 10.9. The van der Waals surface area contributed by atoms with Crippen LogP contribution in [0, 0.1) is 0 Å². The van der Waals surface area contributed by atoms with E-state index >= 15 is 0 Å². The summed E-state index contributed by atoms with van der Waals surface area (Å²) in [5.74, 6) is 0. The Labute approximate surface area is 317 Å². The number of para-hydroxylation sites is 3. The summed E-state index contributed by atoms with van der Waals surface area (Å²) in [4.78, 5) is 2.31. The van der Waals surface area contributed by atoms with E-state index in [1.165, 1.54) is 16.7 Å². The molecule has 0 aliphatic heterocycles. The lowest BCUT2D eigenvalue weighted by Crippen LogP contribution is -2.10. The minimum absolute atomic E-state index is 0.852. The number of hydrogen-bond donors (Lipinski definition) is 0. The number of anilines is 3. The molecular weight excluding hydrogens is 671 g/mol. The third-order valence-corrected chi connectivity index (χ3v) is 10.9. The van der Waals surface area contributed by atoms with Gasteiger partial charge < -0.3 is 13.7 Å². The van der Waals surface area contributed by atoms with Gasteiger partial charge >= 0.3 is 0 Å². The van der Waals surface area contributed by atoms with Crippen molar-refractivity contribution in [1.29, 1.82) is 0 Å². The summed E-state index contributed by atoms with van der Waals surface area (Å²) in [5, 5.41) is 6.73. The largest absolute Gasteiger partial charge is 0.455 e. The number of fused-ring (bicyclic) bond motifs is 8. The highest BCUT2D eigenvalue weighted by atomic mass is 16.3. The van der Waals surface area contributed by atoms with Crippen LogP contribution >= 0.6 is 0 Å². The highest BCUT2D eigenvalue weighted by Gasteiger charge is 2.21. The molecular formula is C52H33NO2. The molecule has 11 aromatic rings. The van der Waals surface area contributed by atoms with Gasteiger partial charge in [-0.25, -0.2) is 0 Å². The fourth-order valence-electron chi connectivity index (χ4n) is 8.17. The van der Waals surface area contributed by atoms with E-state index in [9.17, 15) is 0 Å². The Morgan fingerprint density at radius 1 is 0.291 bits per heavy atom. The molecule has 0 spiro atoms. The van der Waals surface area contributed by atoms with Crippen molar-refractivity contribution in [3.8, 4) is 33.4 Å². The van der Waals surface area contributed by atoms with Gasteiger partial charge in [0.2, 0.25) is 0 Å². The summed E-state index contributed by atoms with van der Waals surface area (Å²) in [6, 6.07) is 70.8. The van der Waals surface area contributed by atoms with Gasteiger partial charge in [0.25, 0.3) is 0 Å². The molecule has 0 bridgehead atoms. The molecule has 0 saturated carbocycles. The SMILES string of the molecule is c1ccc(-c2ccc(-c3ccc(N(c4ccc(-c5cccc6c5oc5ccccc56)cc4)c4cccc5c4oc4c6ccccc6ccc54)cc3)cc2)cc1. The minimum Gasteiger partial charge on any atom is -0.455 e. The van der Waals surface area contributed by atoms with Crippen LogP contribution in [0.25, 0.3) is 88.0 Å². The Morgan fingerprint density at radius 2 is 0.818 bits per heavy atom. The average molecular weight is 704 g/mol. The van der Waals surface area contributed by atoms with Crippen molar-refractivity contribution in [1.82, 2.24) is 0 Å². The Kier molecular flexibility index (Phi) is 7.17. The first-order chi connectivity index (χ1) is 27.3. The Hall–Kier alpha value is -7.36. The van der Waals surface area contributed by atoms with E-state index in [0.29, 0.717) is 0 Å². The smallest absolute Gasteiger partial charge is 0.159 e. The zero-order chi connectivity index (χ0) is 36.3. The predicted molar refractivity (Wildman–Crippen MR) is 229 cm³/mol. The normalized spacial score (nSPS) is 11.6. The van der Waals surface area contributed by atoms with E-state index in [1.54, 1.807) is 0 Å². The van der Waals surface area contributed by atoms with Crippen molar-refractivity contribution >= 4 is 71.7 Å². The van der Waals surface area contributed by atoms with Gasteiger partial charge in [-0.05, 0) is 75.7 Å². The van der Waals surface area contributed by atoms with Gasteiger partial charge in [0, 0.05) is 43.9 Å². The number of rotatable bonds is 6. The maximum atomic E-state index is 6.88. The number of furan rings is 2. The van der Waals surface area contributed by atoms with Gasteiger partial charge in [-0.1, -0.05) is 158 Å². The van der Waals surface area contributed by atoms with Crippen molar-refractivity contribution in [2.24, 2.45) is 0 Å². The second kappa shape index (κ2) is 12.6. The highest BCUT2D eigenvalue weighted by molar-refractivity contribution is 6.17. The monoisotopic (exact) mass is 703 g/mol. The third kappa shape index (κ3) is 5.20. The second-order valence-electron chi connectivity index (χ2n) is 14.1.